The first kappa shape index (κ1) is 23.7. The van der Waals surface area contributed by atoms with E-state index in [0.29, 0.717) is 0 Å². The molecule has 0 bridgehead atoms. The number of ether oxygens (including phenoxy) is 1. The van der Waals surface area contributed by atoms with E-state index in [1.165, 1.54) is 10.5 Å². The molecular formula is C19H28F2N8O4S. The first-order valence-corrected chi connectivity index (χ1v) is 12.7. The summed E-state index contributed by atoms with van der Waals surface area (Å²) in [6, 6.07) is 0. The van der Waals surface area contributed by atoms with Crippen molar-refractivity contribution in [3.63, 3.8) is 0 Å². The van der Waals surface area contributed by atoms with E-state index in [0.717, 1.165) is 6.20 Å². The van der Waals surface area contributed by atoms with Gasteiger partial charge in [-0.25, -0.2) is 27.6 Å². The summed E-state index contributed by atoms with van der Waals surface area (Å²) in [6.07, 6.45) is 0.0567. The van der Waals surface area contributed by atoms with Crippen molar-refractivity contribution in [1.29, 1.82) is 0 Å². The van der Waals surface area contributed by atoms with Crippen molar-refractivity contribution < 1.29 is 26.7 Å². The Labute approximate surface area is 195 Å². The molecule has 1 aromatic rings. The monoisotopic (exact) mass is 502 g/mol. The number of amides is 1. The summed E-state index contributed by atoms with van der Waals surface area (Å²) < 4.78 is 60.3. The van der Waals surface area contributed by atoms with Gasteiger partial charge in [-0.1, -0.05) is 0 Å². The summed E-state index contributed by atoms with van der Waals surface area (Å²) in [5.41, 5.74) is 9.31. The van der Waals surface area contributed by atoms with E-state index in [2.05, 4.69) is 21.0 Å². The summed E-state index contributed by atoms with van der Waals surface area (Å²) in [5, 5.41) is 6.75. The van der Waals surface area contributed by atoms with Crippen LogP contribution in [0.5, 0.6) is 0 Å². The highest BCUT2D eigenvalue weighted by Gasteiger charge is 2.47. The Bertz CT molecular complexity index is 1040. The molecule has 5 N–H and O–H groups in total. The van der Waals surface area contributed by atoms with Crippen LogP contribution in [-0.4, -0.2) is 105 Å². The Kier molecular flexibility index (Phi) is 6.43. The molecule has 1 aromatic heterocycles. The Morgan fingerprint density at radius 1 is 1.24 bits per heavy atom. The highest BCUT2D eigenvalue weighted by atomic mass is 32.2. The SMILES string of the molecule is NC1NN2CC(F)CNC2C1C(=O)Nc1cncc(F)c1N1CCN(S(=O)(=O)C2COC2)CC1. The minimum Gasteiger partial charge on any atom is -0.378 e. The second-order valence-electron chi connectivity index (χ2n) is 8.88. The number of nitrogens with zero attached hydrogens (tertiary/aromatic N) is 4. The predicted octanol–water partition coefficient (Wildman–Crippen LogP) is -2.00. The van der Waals surface area contributed by atoms with Crippen molar-refractivity contribution in [2.45, 2.75) is 23.8 Å². The second-order valence-corrected chi connectivity index (χ2v) is 11.1. The summed E-state index contributed by atoms with van der Waals surface area (Å²) >= 11 is 0. The van der Waals surface area contributed by atoms with Crippen molar-refractivity contribution in [2.24, 2.45) is 11.7 Å². The van der Waals surface area contributed by atoms with Crippen molar-refractivity contribution in [3.8, 4) is 0 Å². The fourth-order valence-electron chi connectivity index (χ4n) is 4.80. The standard InChI is InChI=1S/C19H28F2N8O4S/c20-11-5-24-18-15(17(22)26-29(18)8-11)19(30)25-14-7-23-6-13(21)16(14)27-1-3-28(4-2-27)34(31,32)12-9-33-10-12/h6-7,11-12,15,17-18,24,26H,1-5,8-10,22H2,(H,25,30). The third kappa shape index (κ3) is 4.25. The Morgan fingerprint density at radius 3 is 2.65 bits per heavy atom. The van der Waals surface area contributed by atoms with Crippen LogP contribution in [0.15, 0.2) is 12.4 Å². The van der Waals surface area contributed by atoms with Crippen LogP contribution in [0.4, 0.5) is 20.2 Å². The topological polar surface area (TPSA) is 145 Å². The van der Waals surface area contributed by atoms with E-state index < -0.39 is 51.4 Å². The average molecular weight is 503 g/mol. The van der Waals surface area contributed by atoms with Gasteiger partial charge in [0.25, 0.3) is 0 Å². The van der Waals surface area contributed by atoms with Gasteiger partial charge < -0.3 is 20.7 Å². The minimum absolute atomic E-state index is 0.0993. The lowest BCUT2D eigenvalue weighted by molar-refractivity contribution is -0.121. The number of aromatic nitrogens is 1. The number of piperazine rings is 1. The minimum atomic E-state index is -3.46. The number of anilines is 2. The lowest BCUT2D eigenvalue weighted by Gasteiger charge is -2.39. The molecule has 0 aromatic carbocycles. The summed E-state index contributed by atoms with van der Waals surface area (Å²) in [7, 11) is -3.46. The largest absolute Gasteiger partial charge is 0.378 e. The van der Waals surface area contributed by atoms with E-state index in [-0.39, 0.29) is 63.9 Å². The number of hydrogen-bond donors (Lipinski definition) is 4. The number of carbonyl (C=O) groups is 1. The van der Waals surface area contributed by atoms with Gasteiger partial charge in [0.2, 0.25) is 15.9 Å². The number of pyridine rings is 1. The van der Waals surface area contributed by atoms with Gasteiger partial charge in [0, 0.05) is 39.3 Å². The van der Waals surface area contributed by atoms with Crippen LogP contribution in [0, 0.1) is 11.7 Å². The Balaban J connectivity index is 1.29. The van der Waals surface area contributed by atoms with Crippen molar-refractivity contribution >= 4 is 27.3 Å². The molecular weight excluding hydrogens is 474 g/mol. The maximum absolute atomic E-state index is 14.9. The van der Waals surface area contributed by atoms with Gasteiger partial charge in [-0.3, -0.25) is 15.1 Å². The van der Waals surface area contributed by atoms with E-state index in [4.69, 9.17) is 10.5 Å². The fourth-order valence-corrected chi connectivity index (χ4v) is 6.43. The van der Waals surface area contributed by atoms with Gasteiger partial charge >= 0.3 is 0 Å². The van der Waals surface area contributed by atoms with Crippen LogP contribution in [-0.2, 0) is 19.6 Å². The first-order valence-electron chi connectivity index (χ1n) is 11.2. The lowest BCUT2D eigenvalue weighted by Crippen LogP contribution is -2.58. The molecule has 0 saturated carbocycles. The van der Waals surface area contributed by atoms with Gasteiger partial charge in [0.1, 0.15) is 17.1 Å². The third-order valence-corrected chi connectivity index (χ3v) is 8.90. The number of nitrogens with one attached hydrogen (secondary N) is 3. The molecule has 188 valence electrons. The highest BCUT2D eigenvalue weighted by Crippen LogP contribution is 2.32. The number of nitrogens with two attached hydrogens (primary N) is 1. The van der Waals surface area contributed by atoms with Gasteiger partial charge in [-0.2, -0.15) is 4.31 Å². The van der Waals surface area contributed by atoms with Crippen LogP contribution in [0.25, 0.3) is 0 Å². The van der Waals surface area contributed by atoms with E-state index in [1.54, 1.807) is 9.91 Å². The van der Waals surface area contributed by atoms with E-state index in [9.17, 15) is 22.0 Å². The van der Waals surface area contributed by atoms with Crippen molar-refractivity contribution in [2.75, 3.05) is 62.7 Å². The summed E-state index contributed by atoms with van der Waals surface area (Å²) in [5.74, 6) is -1.85. The molecule has 4 aliphatic rings. The molecule has 34 heavy (non-hydrogen) atoms. The summed E-state index contributed by atoms with van der Waals surface area (Å²) in [6.45, 7) is 1.46. The number of rotatable bonds is 5. The molecule has 4 fully saturated rings. The number of fused-ring (bicyclic) bond motifs is 1. The van der Waals surface area contributed by atoms with Crippen LogP contribution in [0.2, 0.25) is 0 Å². The van der Waals surface area contributed by atoms with Crippen LogP contribution < -0.4 is 26.7 Å². The molecule has 0 aliphatic carbocycles. The molecule has 4 atom stereocenters. The quantitative estimate of drug-likeness (QED) is 0.357. The molecule has 1 amide bonds. The molecule has 0 radical (unpaired) electrons. The molecule has 12 nitrogen and oxygen atoms in total. The van der Waals surface area contributed by atoms with Gasteiger partial charge in [-0.05, 0) is 0 Å². The van der Waals surface area contributed by atoms with Gasteiger partial charge in [0.15, 0.2) is 5.82 Å². The number of hydrogen-bond acceptors (Lipinski definition) is 10. The number of alkyl halides is 1. The molecule has 5 heterocycles. The van der Waals surface area contributed by atoms with Crippen LogP contribution in [0.1, 0.15) is 0 Å². The van der Waals surface area contributed by atoms with Crippen molar-refractivity contribution in [1.82, 2.24) is 25.0 Å². The highest BCUT2D eigenvalue weighted by molar-refractivity contribution is 7.89. The lowest BCUT2D eigenvalue weighted by atomic mass is 10.0. The number of halogens is 2. The Hall–Kier alpha value is -2.01. The molecule has 15 heteroatoms. The number of hydrazine groups is 1. The maximum Gasteiger partial charge on any atom is 0.233 e. The molecule has 5 rings (SSSR count). The van der Waals surface area contributed by atoms with Crippen molar-refractivity contribution in [3.05, 3.63) is 18.2 Å². The molecule has 4 saturated heterocycles. The summed E-state index contributed by atoms with van der Waals surface area (Å²) in [4.78, 5) is 18.7. The smallest absolute Gasteiger partial charge is 0.233 e. The second kappa shape index (κ2) is 9.22. The third-order valence-electron chi connectivity index (χ3n) is 6.70. The zero-order chi connectivity index (χ0) is 24.0. The zero-order valence-electron chi connectivity index (χ0n) is 18.4. The maximum atomic E-state index is 14.9. The van der Waals surface area contributed by atoms with Gasteiger partial charge in [0.05, 0.1) is 49.5 Å². The average Bonchev–Trinajstić information content (AvgIpc) is 3.07. The number of sulfonamides is 1. The molecule has 0 spiro atoms. The van der Waals surface area contributed by atoms with Crippen LogP contribution in [0.3, 0.4) is 0 Å². The zero-order valence-corrected chi connectivity index (χ0v) is 19.2. The fraction of sp³-hybridized carbons (Fsp3) is 0.684. The Morgan fingerprint density at radius 2 is 1.97 bits per heavy atom. The van der Waals surface area contributed by atoms with Crippen LogP contribution >= 0.6 is 0 Å². The first-order chi connectivity index (χ1) is 16.3. The van der Waals surface area contributed by atoms with E-state index in [1.807, 2.05) is 0 Å². The normalized spacial score (nSPS) is 31.2. The molecule has 4 unspecified atom stereocenters. The van der Waals surface area contributed by atoms with Gasteiger partial charge in [-0.15, -0.1) is 0 Å². The molecule has 4 aliphatic heterocycles. The predicted molar refractivity (Wildman–Crippen MR) is 118 cm³/mol. The number of carbonyl (C=O) groups excluding carboxylic acids is 1. The van der Waals surface area contributed by atoms with E-state index >= 15 is 0 Å².